The molecule has 4 nitrogen and oxygen atoms in total. The number of aromatic nitrogens is 1. The van der Waals surface area contributed by atoms with Crippen molar-refractivity contribution in [1.29, 1.82) is 0 Å². The minimum absolute atomic E-state index is 0.213. The Morgan fingerprint density at radius 1 is 1.27 bits per heavy atom. The number of hydrogen-bond acceptors (Lipinski definition) is 4. The van der Waals surface area contributed by atoms with Crippen LogP contribution in [-0.2, 0) is 0 Å². The Morgan fingerprint density at radius 3 is 2.67 bits per heavy atom. The first-order valence-corrected chi connectivity index (χ1v) is 4.52. The van der Waals surface area contributed by atoms with Gasteiger partial charge in [0.15, 0.2) is 0 Å². The molecule has 0 bridgehead atoms. The predicted octanol–water partition coefficient (Wildman–Crippen LogP) is -0.0768. The molecule has 0 saturated carbocycles. The summed E-state index contributed by atoms with van der Waals surface area (Å²) in [6.07, 6.45) is 0. The third-order valence-corrected chi connectivity index (χ3v) is 2.20. The summed E-state index contributed by atoms with van der Waals surface area (Å²) < 4.78 is 4.98. The molecule has 0 aliphatic heterocycles. The van der Waals surface area contributed by atoms with E-state index in [9.17, 15) is 10.0 Å². The molecule has 0 unspecified atom stereocenters. The molecule has 0 amide bonds. The SMILES string of the molecule is COc1cc2ccccc2c(B(O)O)n1. The zero-order valence-corrected chi connectivity index (χ0v) is 8.21. The lowest BCUT2D eigenvalue weighted by atomic mass is 9.82. The molecule has 76 valence electrons. The van der Waals surface area contributed by atoms with Crippen molar-refractivity contribution in [3.63, 3.8) is 0 Å². The van der Waals surface area contributed by atoms with Gasteiger partial charge in [0, 0.05) is 11.5 Å². The first-order chi connectivity index (χ1) is 7.22. The lowest BCUT2D eigenvalue weighted by molar-refractivity contribution is 0.396. The second kappa shape index (κ2) is 3.88. The van der Waals surface area contributed by atoms with Crippen LogP contribution in [0.15, 0.2) is 30.3 Å². The maximum absolute atomic E-state index is 9.18. The highest BCUT2D eigenvalue weighted by Crippen LogP contribution is 2.15. The Kier molecular flexibility index (Phi) is 2.57. The van der Waals surface area contributed by atoms with Crippen LogP contribution in [0.2, 0.25) is 0 Å². The van der Waals surface area contributed by atoms with Gasteiger partial charge in [0.05, 0.1) is 12.7 Å². The molecule has 0 aliphatic rings. The van der Waals surface area contributed by atoms with Crippen LogP contribution in [0.5, 0.6) is 5.88 Å². The van der Waals surface area contributed by atoms with Gasteiger partial charge in [-0.05, 0) is 5.39 Å². The zero-order valence-electron chi connectivity index (χ0n) is 8.21. The van der Waals surface area contributed by atoms with Gasteiger partial charge in [-0.25, -0.2) is 4.98 Å². The maximum Gasteiger partial charge on any atom is 0.508 e. The Labute approximate surface area is 87.3 Å². The van der Waals surface area contributed by atoms with Crippen LogP contribution >= 0.6 is 0 Å². The van der Waals surface area contributed by atoms with Crippen molar-refractivity contribution < 1.29 is 14.8 Å². The van der Waals surface area contributed by atoms with Gasteiger partial charge in [-0.15, -0.1) is 0 Å². The van der Waals surface area contributed by atoms with Gasteiger partial charge < -0.3 is 14.8 Å². The molecule has 15 heavy (non-hydrogen) atoms. The number of nitrogens with zero attached hydrogens (tertiary/aromatic N) is 1. The average molecular weight is 203 g/mol. The summed E-state index contributed by atoms with van der Waals surface area (Å²) in [5.74, 6) is 0.372. The largest absolute Gasteiger partial charge is 0.508 e. The van der Waals surface area contributed by atoms with Crippen molar-refractivity contribution in [3.05, 3.63) is 30.3 Å². The topological polar surface area (TPSA) is 62.6 Å². The van der Waals surface area contributed by atoms with E-state index in [1.807, 2.05) is 18.2 Å². The van der Waals surface area contributed by atoms with Gasteiger partial charge in [-0.3, -0.25) is 0 Å². The number of hydrogen-bond donors (Lipinski definition) is 2. The molecule has 0 spiro atoms. The van der Waals surface area contributed by atoms with Gasteiger partial charge >= 0.3 is 7.12 Å². The second-order valence-electron chi connectivity index (χ2n) is 3.14. The standard InChI is InChI=1S/C10H10BNO3/c1-15-9-6-7-4-2-3-5-8(7)10(12-9)11(13)14/h2-6,13-14H,1H3. The quantitative estimate of drug-likeness (QED) is 0.670. The molecule has 0 saturated heterocycles. The number of benzene rings is 1. The van der Waals surface area contributed by atoms with Gasteiger partial charge in [0.2, 0.25) is 5.88 Å². The van der Waals surface area contributed by atoms with Crippen LogP contribution in [-0.4, -0.2) is 29.3 Å². The minimum atomic E-state index is -1.59. The van der Waals surface area contributed by atoms with Crippen molar-refractivity contribution >= 4 is 23.5 Å². The van der Waals surface area contributed by atoms with E-state index >= 15 is 0 Å². The highest BCUT2D eigenvalue weighted by Gasteiger charge is 2.17. The fraction of sp³-hybridized carbons (Fsp3) is 0.100. The molecular weight excluding hydrogens is 193 g/mol. The molecule has 0 atom stereocenters. The monoisotopic (exact) mass is 203 g/mol. The lowest BCUT2D eigenvalue weighted by Crippen LogP contribution is -2.33. The van der Waals surface area contributed by atoms with Crippen LogP contribution in [0, 0.1) is 0 Å². The minimum Gasteiger partial charge on any atom is -0.481 e. The van der Waals surface area contributed by atoms with Crippen molar-refractivity contribution in [2.24, 2.45) is 0 Å². The highest BCUT2D eigenvalue weighted by atomic mass is 16.5. The normalized spacial score (nSPS) is 10.3. The van der Waals surface area contributed by atoms with Gasteiger partial charge in [-0.2, -0.15) is 0 Å². The molecule has 1 aromatic carbocycles. The van der Waals surface area contributed by atoms with Crippen molar-refractivity contribution in [2.45, 2.75) is 0 Å². The summed E-state index contributed by atoms with van der Waals surface area (Å²) in [7, 11) is -0.102. The van der Waals surface area contributed by atoms with Crippen molar-refractivity contribution in [3.8, 4) is 5.88 Å². The first kappa shape index (κ1) is 9.95. The maximum atomic E-state index is 9.18. The van der Waals surface area contributed by atoms with Gasteiger partial charge in [-0.1, -0.05) is 24.3 Å². The third-order valence-electron chi connectivity index (χ3n) is 2.20. The van der Waals surface area contributed by atoms with Crippen molar-refractivity contribution in [1.82, 2.24) is 4.98 Å². The fourth-order valence-corrected chi connectivity index (χ4v) is 1.50. The Bertz CT molecular complexity index is 487. The molecule has 1 aromatic heterocycles. The van der Waals surface area contributed by atoms with Crippen LogP contribution in [0.25, 0.3) is 10.8 Å². The van der Waals surface area contributed by atoms with E-state index in [0.29, 0.717) is 11.3 Å². The lowest BCUT2D eigenvalue weighted by Gasteiger charge is -2.07. The highest BCUT2D eigenvalue weighted by molar-refractivity contribution is 6.60. The molecule has 5 heteroatoms. The van der Waals surface area contributed by atoms with E-state index in [1.54, 1.807) is 12.1 Å². The smallest absolute Gasteiger partial charge is 0.481 e. The first-order valence-electron chi connectivity index (χ1n) is 4.52. The van der Waals surface area contributed by atoms with E-state index in [-0.39, 0.29) is 5.59 Å². The third kappa shape index (κ3) is 1.79. The van der Waals surface area contributed by atoms with Gasteiger partial charge in [0.1, 0.15) is 0 Å². The van der Waals surface area contributed by atoms with E-state index < -0.39 is 7.12 Å². The summed E-state index contributed by atoms with van der Waals surface area (Å²) in [4.78, 5) is 4.00. The molecule has 1 heterocycles. The van der Waals surface area contributed by atoms with E-state index in [0.717, 1.165) is 5.39 Å². The molecule has 0 aliphatic carbocycles. The van der Waals surface area contributed by atoms with Crippen molar-refractivity contribution in [2.75, 3.05) is 7.11 Å². The summed E-state index contributed by atoms with van der Waals surface area (Å²) in [5, 5.41) is 19.9. The average Bonchev–Trinajstić information content (AvgIpc) is 2.27. The molecular formula is C10H10BNO3. The van der Waals surface area contributed by atoms with Crippen LogP contribution < -0.4 is 10.3 Å². The summed E-state index contributed by atoms with van der Waals surface area (Å²) in [5.41, 5.74) is 0.213. The van der Waals surface area contributed by atoms with E-state index in [1.165, 1.54) is 7.11 Å². The fourth-order valence-electron chi connectivity index (χ4n) is 1.50. The van der Waals surface area contributed by atoms with E-state index in [2.05, 4.69) is 4.98 Å². The summed E-state index contributed by atoms with van der Waals surface area (Å²) in [6, 6.07) is 9.10. The molecule has 2 N–H and O–H groups in total. The van der Waals surface area contributed by atoms with Crippen LogP contribution in [0.3, 0.4) is 0 Å². The Morgan fingerprint density at radius 2 is 2.00 bits per heavy atom. The number of fused-ring (bicyclic) bond motifs is 1. The molecule has 0 fully saturated rings. The number of pyridine rings is 1. The van der Waals surface area contributed by atoms with Crippen LogP contribution in [0.4, 0.5) is 0 Å². The summed E-state index contributed by atoms with van der Waals surface area (Å²) >= 11 is 0. The Balaban J connectivity index is 2.74. The zero-order chi connectivity index (χ0) is 10.8. The van der Waals surface area contributed by atoms with E-state index in [4.69, 9.17) is 4.74 Å². The molecule has 0 radical (unpaired) electrons. The molecule has 2 rings (SSSR count). The van der Waals surface area contributed by atoms with Gasteiger partial charge in [0.25, 0.3) is 0 Å². The molecule has 2 aromatic rings. The summed E-state index contributed by atoms with van der Waals surface area (Å²) in [6.45, 7) is 0. The number of ether oxygens (including phenoxy) is 1. The second-order valence-corrected chi connectivity index (χ2v) is 3.14. The number of methoxy groups -OCH3 is 1. The predicted molar refractivity (Wildman–Crippen MR) is 58.1 cm³/mol. The number of rotatable bonds is 2. The van der Waals surface area contributed by atoms with Crippen LogP contribution in [0.1, 0.15) is 0 Å². The Hall–Kier alpha value is -1.59.